The maximum absolute atomic E-state index is 11.9. The number of hydrogen-bond donors (Lipinski definition) is 2. The molecular weight excluding hydrogens is 266 g/mol. The van der Waals surface area contributed by atoms with Gasteiger partial charge in [-0.2, -0.15) is 0 Å². The Morgan fingerprint density at radius 1 is 1.53 bits per heavy atom. The lowest BCUT2D eigenvalue weighted by atomic mass is 10.1. The summed E-state index contributed by atoms with van der Waals surface area (Å²) in [6.07, 6.45) is 0.135. The number of carbonyl (C=O) groups excluding carboxylic acids is 2. The second kappa shape index (κ2) is 4.20. The van der Waals surface area contributed by atoms with Crippen molar-refractivity contribution < 1.29 is 14.7 Å². The predicted molar refractivity (Wildman–Crippen MR) is 70.9 cm³/mol. The molecule has 1 aliphatic rings. The lowest BCUT2D eigenvalue weighted by Crippen LogP contribution is -2.28. The van der Waals surface area contributed by atoms with Crippen molar-refractivity contribution in [1.82, 2.24) is 4.98 Å². The van der Waals surface area contributed by atoms with Gasteiger partial charge in [0.05, 0.1) is 16.1 Å². The largest absolute Gasteiger partial charge is 0.508 e. The van der Waals surface area contributed by atoms with Gasteiger partial charge in [-0.25, -0.2) is 4.98 Å². The zero-order valence-electron chi connectivity index (χ0n) is 9.87. The Labute approximate surface area is 112 Å². The molecule has 6 nitrogen and oxygen atoms in total. The standard InChI is InChI=1S/C12H11N3O3S/c13-11(18)6-3-10(17)15(5-6)12-14-8-2-1-7(16)4-9(8)19-12/h1-2,4,6,16H,3,5H2,(H2,13,18). The summed E-state index contributed by atoms with van der Waals surface area (Å²) in [6, 6.07) is 4.84. The van der Waals surface area contributed by atoms with Crippen LogP contribution in [0.25, 0.3) is 10.2 Å². The normalized spacial score (nSPS) is 19.3. The van der Waals surface area contributed by atoms with Crippen molar-refractivity contribution in [3.63, 3.8) is 0 Å². The number of benzene rings is 1. The predicted octanol–water partition coefficient (Wildman–Crippen LogP) is 0.840. The van der Waals surface area contributed by atoms with E-state index in [2.05, 4.69) is 4.98 Å². The molecule has 1 unspecified atom stereocenters. The van der Waals surface area contributed by atoms with Crippen molar-refractivity contribution >= 4 is 38.5 Å². The number of nitrogens with two attached hydrogens (primary N) is 1. The van der Waals surface area contributed by atoms with Crippen molar-refractivity contribution in [3.8, 4) is 5.75 Å². The van der Waals surface area contributed by atoms with E-state index in [4.69, 9.17) is 5.73 Å². The van der Waals surface area contributed by atoms with Crippen LogP contribution < -0.4 is 10.6 Å². The highest BCUT2D eigenvalue weighted by Gasteiger charge is 2.35. The average Bonchev–Trinajstić information content (AvgIpc) is 2.91. The number of hydrogen-bond acceptors (Lipinski definition) is 5. The number of fused-ring (bicyclic) bond motifs is 1. The van der Waals surface area contributed by atoms with Crippen LogP contribution in [0.4, 0.5) is 5.13 Å². The molecule has 1 fully saturated rings. The number of thiazole rings is 1. The summed E-state index contributed by atoms with van der Waals surface area (Å²) < 4.78 is 0.797. The highest BCUT2D eigenvalue weighted by atomic mass is 32.1. The molecule has 98 valence electrons. The molecule has 0 radical (unpaired) electrons. The van der Waals surface area contributed by atoms with Crippen molar-refractivity contribution in [1.29, 1.82) is 0 Å². The van der Waals surface area contributed by atoms with E-state index in [1.54, 1.807) is 18.2 Å². The maximum Gasteiger partial charge on any atom is 0.229 e. The van der Waals surface area contributed by atoms with E-state index in [9.17, 15) is 14.7 Å². The van der Waals surface area contributed by atoms with Gasteiger partial charge in [-0.15, -0.1) is 0 Å². The Morgan fingerprint density at radius 3 is 3.00 bits per heavy atom. The van der Waals surface area contributed by atoms with E-state index < -0.39 is 11.8 Å². The molecule has 1 atom stereocenters. The Hall–Kier alpha value is -2.15. The summed E-state index contributed by atoms with van der Waals surface area (Å²) in [5.74, 6) is -0.903. The molecule has 1 aliphatic heterocycles. The number of aromatic nitrogens is 1. The molecule has 2 amide bonds. The number of primary amides is 1. The van der Waals surface area contributed by atoms with Crippen LogP contribution in [0.3, 0.4) is 0 Å². The molecular formula is C12H11N3O3S. The van der Waals surface area contributed by atoms with Gasteiger partial charge in [0.15, 0.2) is 5.13 Å². The average molecular weight is 277 g/mol. The molecule has 1 aromatic heterocycles. The van der Waals surface area contributed by atoms with E-state index in [0.29, 0.717) is 10.6 Å². The fourth-order valence-electron chi connectivity index (χ4n) is 2.10. The zero-order valence-corrected chi connectivity index (χ0v) is 10.7. The van der Waals surface area contributed by atoms with Crippen LogP contribution in [-0.2, 0) is 9.59 Å². The van der Waals surface area contributed by atoms with Gasteiger partial charge in [-0.05, 0) is 18.2 Å². The second-order valence-electron chi connectivity index (χ2n) is 4.46. The molecule has 1 aromatic carbocycles. The van der Waals surface area contributed by atoms with Crippen LogP contribution in [-0.4, -0.2) is 28.4 Å². The smallest absolute Gasteiger partial charge is 0.229 e. The number of aromatic hydroxyl groups is 1. The third-order valence-electron chi connectivity index (χ3n) is 3.12. The molecule has 3 rings (SSSR count). The van der Waals surface area contributed by atoms with Gasteiger partial charge in [0, 0.05) is 13.0 Å². The molecule has 0 aliphatic carbocycles. The lowest BCUT2D eigenvalue weighted by molar-refractivity contribution is -0.123. The number of nitrogens with zero attached hydrogens (tertiary/aromatic N) is 2. The summed E-state index contributed by atoms with van der Waals surface area (Å²) in [4.78, 5) is 28.8. The van der Waals surface area contributed by atoms with E-state index >= 15 is 0 Å². The van der Waals surface area contributed by atoms with Gasteiger partial charge in [0.2, 0.25) is 11.8 Å². The fraction of sp³-hybridized carbons (Fsp3) is 0.250. The molecule has 0 saturated carbocycles. The maximum atomic E-state index is 11.9. The first kappa shape index (κ1) is 11.9. The first-order chi connectivity index (χ1) is 9.04. The molecule has 7 heteroatoms. The summed E-state index contributed by atoms with van der Waals surface area (Å²) >= 11 is 1.31. The minimum atomic E-state index is -0.463. The Kier molecular flexibility index (Phi) is 2.63. The summed E-state index contributed by atoms with van der Waals surface area (Å²) in [7, 11) is 0. The van der Waals surface area contributed by atoms with Crippen LogP contribution in [0, 0.1) is 5.92 Å². The SMILES string of the molecule is NC(=O)C1CC(=O)N(c2nc3ccc(O)cc3s2)C1. The van der Waals surface area contributed by atoms with Crippen LogP contribution in [0.15, 0.2) is 18.2 Å². The van der Waals surface area contributed by atoms with Gasteiger partial charge >= 0.3 is 0 Å². The first-order valence-corrected chi connectivity index (χ1v) is 6.55. The molecule has 3 N–H and O–H groups in total. The number of amides is 2. The van der Waals surface area contributed by atoms with E-state index in [1.807, 2.05) is 0 Å². The summed E-state index contributed by atoms with van der Waals surface area (Å²) in [6.45, 7) is 0.278. The van der Waals surface area contributed by atoms with Crippen molar-refractivity contribution in [3.05, 3.63) is 18.2 Å². The van der Waals surface area contributed by atoms with Crippen molar-refractivity contribution in [2.75, 3.05) is 11.4 Å². The monoisotopic (exact) mass is 277 g/mol. The number of carbonyl (C=O) groups is 2. The summed E-state index contributed by atoms with van der Waals surface area (Å²) in [5.41, 5.74) is 5.94. The number of rotatable bonds is 2. The van der Waals surface area contributed by atoms with Gasteiger partial charge in [0.1, 0.15) is 5.75 Å². The molecule has 19 heavy (non-hydrogen) atoms. The van der Waals surface area contributed by atoms with Gasteiger partial charge < -0.3 is 10.8 Å². The van der Waals surface area contributed by atoms with E-state index in [0.717, 1.165) is 4.70 Å². The Balaban J connectivity index is 1.96. The Morgan fingerprint density at radius 2 is 2.32 bits per heavy atom. The Bertz CT molecular complexity index is 682. The van der Waals surface area contributed by atoms with Crippen LogP contribution in [0.1, 0.15) is 6.42 Å². The van der Waals surface area contributed by atoms with Gasteiger partial charge in [0.25, 0.3) is 0 Å². The van der Waals surface area contributed by atoms with Crippen molar-refractivity contribution in [2.24, 2.45) is 11.7 Å². The molecule has 2 aromatic rings. The highest BCUT2D eigenvalue weighted by Crippen LogP contribution is 2.34. The third kappa shape index (κ3) is 2.01. The number of anilines is 1. The first-order valence-electron chi connectivity index (χ1n) is 5.74. The number of phenols is 1. The molecule has 1 saturated heterocycles. The van der Waals surface area contributed by atoms with Crippen LogP contribution >= 0.6 is 11.3 Å². The van der Waals surface area contributed by atoms with E-state index in [-0.39, 0.29) is 24.6 Å². The van der Waals surface area contributed by atoms with Crippen LogP contribution in [0.5, 0.6) is 5.75 Å². The minimum absolute atomic E-state index is 0.135. The second-order valence-corrected chi connectivity index (χ2v) is 5.47. The molecule has 2 heterocycles. The quantitative estimate of drug-likeness (QED) is 0.850. The highest BCUT2D eigenvalue weighted by molar-refractivity contribution is 7.22. The van der Waals surface area contributed by atoms with Gasteiger partial charge in [-0.3, -0.25) is 14.5 Å². The van der Waals surface area contributed by atoms with Crippen LogP contribution in [0.2, 0.25) is 0 Å². The topological polar surface area (TPSA) is 96.5 Å². The molecule has 0 spiro atoms. The van der Waals surface area contributed by atoms with Crippen molar-refractivity contribution in [2.45, 2.75) is 6.42 Å². The van der Waals surface area contributed by atoms with Gasteiger partial charge in [-0.1, -0.05) is 11.3 Å². The lowest BCUT2D eigenvalue weighted by Gasteiger charge is -2.11. The number of phenolic OH excluding ortho intramolecular Hbond substituents is 1. The minimum Gasteiger partial charge on any atom is -0.508 e. The zero-order chi connectivity index (χ0) is 13.6. The molecule has 0 bridgehead atoms. The van der Waals surface area contributed by atoms with E-state index in [1.165, 1.54) is 16.2 Å². The fourth-order valence-corrected chi connectivity index (χ4v) is 3.12. The third-order valence-corrected chi connectivity index (χ3v) is 4.16. The summed E-state index contributed by atoms with van der Waals surface area (Å²) in [5, 5.41) is 9.95.